The van der Waals surface area contributed by atoms with Crippen LogP contribution in [0.5, 0.6) is 5.75 Å². The molecule has 2 fully saturated rings. The van der Waals surface area contributed by atoms with Gasteiger partial charge in [0.05, 0.1) is 27.5 Å². The lowest BCUT2D eigenvalue weighted by Crippen LogP contribution is -2.37. The number of phenols is 1. The second-order valence-electron chi connectivity index (χ2n) is 7.33. The van der Waals surface area contributed by atoms with Gasteiger partial charge in [-0.1, -0.05) is 59.6 Å². The highest BCUT2D eigenvalue weighted by Gasteiger charge is 2.60. The molecule has 2 saturated heterocycles. The van der Waals surface area contributed by atoms with E-state index in [1.165, 1.54) is 17.2 Å². The van der Waals surface area contributed by atoms with Crippen LogP contribution in [0.2, 0.25) is 10.0 Å². The van der Waals surface area contributed by atoms with Gasteiger partial charge in [0, 0.05) is 5.56 Å². The van der Waals surface area contributed by atoms with E-state index in [2.05, 4.69) is 0 Å². The Morgan fingerprint density at radius 2 is 1.52 bits per heavy atom. The summed E-state index contributed by atoms with van der Waals surface area (Å²) in [4.78, 5) is 33.9. The molecule has 2 aliphatic rings. The number of carbonyl (C=O) groups is 2. The highest BCUT2D eigenvalue weighted by Crippen LogP contribution is 2.49. The van der Waals surface area contributed by atoms with Gasteiger partial charge in [0.15, 0.2) is 6.10 Å². The smallest absolute Gasteiger partial charge is 0.266 e. The van der Waals surface area contributed by atoms with Gasteiger partial charge in [-0.2, -0.15) is 0 Å². The number of hydrogen-bond donors (Lipinski definition) is 1. The molecule has 2 amide bonds. The number of hydrogen-bond acceptors (Lipinski definition) is 5. The van der Waals surface area contributed by atoms with Crippen molar-refractivity contribution in [3.8, 4) is 5.75 Å². The Balaban J connectivity index is 1.60. The molecule has 8 heteroatoms. The largest absolute Gasteiger partial charge is 0.508 e. The van der Waals surface area contributed by atoms with Crippen molar-refractivity contribution in [1.82, 2.24) is 0 Å². The minimum Gasteiger partial charge on any atom is -0.508 e. The molecule has 1 N–H and O–H groups in total. The Labute approximate surface area is 188 Å². The number of carbonyl (C=O) groups excluding carboxylic acids is 2. The van der Waals surface area contributed by atoms with Crippen molar-refractivity contribution in [2.75, 3.05) is 9.96 Å². The van der Waals surface area contributed by atoms with E-state index in [9.17, 15) is 14.7 Å². The minimum absolute atomic E-state index is 0.0194. The molecule has 31 heavy (non-hydrogen) atoms. The summed E-state index contributed by atoms with van der Waals surface area (Å²) < 4.78 is 0. The zero-order chi connectivity index (χ0) is 21.7. The third-order valence-electron chi connectivity index (χ3n) is 5.54. The van der Waals surface area contributed by atoms with Gasteiger partial charge in [-0.15, -0.1) is 0 Å². The van der Waals surface area contributed by atoms with Gasteiger partial charge in [0.2, 0.25) is 5.91 Å². The Morgan fingerprint density at radius 1 is 0.806 bits per heavy atom. The first kappa shape index (κ1) is 19.9. The SMILES string of the molecule is O=C1[C@H]2[C@H](ON(c3ccccc3)[C@@H]2c2ccccc2O)C(=O)N1c1ccc(Cl)c(Cl)c1. The Hall–Kier alpha value is -3.06. The molecule has 5 rings (SSSR count). The number of imide groups is 1. The molecule has 2 heterocycles. The first-order chi connectivity index (χ1) is 15.0. The van der Waals surface area contributed by atoms with Crippen molar-refractivity contribution in [1.29, 1.82) is 0 Å². The van der Waals surface area contributed by atoms with Crippen LogP contribution >= 0.6 is 23.2 Å². The number of rotatable bonds is 3. The quantitative estimate of drug-likeness (QED) is 0.578. The molecule has 0 aromatic heterocycles. The second kappa shape index (κ2) is 7.57. The fourth-order valence-corrected chi connectivity index (χ4v) is 4.44. The highest BCUT2D eigenvalue weighted by molar-refractivity contribution is 6.42. The molecule has 0 radical (unpaired) electrons. The Bertz CT molecular complexity index is 1190. The minimum atomic E-state index is -1.04. The molecule has 3 aromatic carbocycles. The molecule has 0 unspecified atom stereocenters. The van der Waals surface area contributed by atoms with Gasteiger partial charge in [0.25, 0.3) is 5.91 Å². The first-order valence-electron chi connectivity index (χ1n) is 9.59. The summed E-state index contributed by atoms with van der Waals surface area (Å²) in [6.45, 7) is 0. The first-order valence-corrected chi connectivity index (χ1v) is 10.3. The topological polar surface area (TPSA) is 70.1 Å². The fraction of sp³-hybridized carbons (Fsp3) is 0.130. The van der Waals surface area contributed by atoms with Crippen molar-refractivity contribution in [3.05, 3.63) is 88.4 Å². The lowest BCUT2D eigenvalue weighted by atomic mass is 9.90. The van der Waals surface area contributed by atoms with Crippen molar-refractivity contribution in [3.63, 3.8) is 0 Å². The number of hydroxylamine groups is 1. The van der Waals surface area contributed by atoms with Gasteiger partial charge >= 0.3 is 0 Å². The number of amides is 2. The lowest BCUT2D eigenvalue weighted by molar-refractivity contribution is -0.126. The normalized spacial score (nSPS) is 22.8. The monoisotopic (exact) mass is 454 g/mol. The second-order valence-corrected chi connectivity index (χ2v) is 8.14. The Kier molecular flexibility index (Phi) is 4.85. The fourth-order valence-electron chi connectivity index (χ4n) is 4.15. The van der Waals surface area contributed by atoms with Crippen LogP contribution in [0.4, 0.5) is 11.4 Å². The number of fused-ring (bicyclic) bond motifs is 1. The summed E-state index contributed by atoms with van der Waals surface area (Å²) in [5.74, 6) is -1.76. The summed E-state index contributed by atoms with van der Waals surface area (Å²) in [5.41, 5.74) is 1.49. The molecule has 3 aromatic rings. The number of phenolic OH excluding ortho intramolecular Hbond substituents is 1. The van der Waals surface area contributed by atoms with E-state index in [4.69, 9.17) is 28.0 Å². The molecular weight excluding hydrogens is 439 g/mol. The van der Waals surface area contributed by atoms with E-state index < -0.39 is 29.9 Å². The summed E-state index contributed by atoms with van der Waals surface area (Å²) in [5, 5.41) is 12.6. The third-order valence-corrected chi connectivity index (χ3v) is 6.28. The maximum Gasteiger partial charge on any atom is 0.266 e. The van der Waals surface area contributed by atoms with Crippen LogP contribution in [0.1, 0.15) is 11.6 Å². The van der Waals surface area contributed by atoms with Crippen LogP contribution in [0.3, 0.4) is 0 Å². The lowest BCUT2D eigenvalue weighted by Gasteiger charge is -2.29. The molecule has 0 saturated carbocycles. The number of nitrogens with zero attached hydrogens (tertiary/aromatic N) is 2. The van der Waals surface area contributed by atoms with Gasteiger partial charge in [-0.3, -0.25) is 14.4 Å². The van der Waals surface area contributed by atoms with Crippen LogP contribution in [0.25, 0.3) is 0 Å². The van der Waals surface area contributed by atoms with Crippen LogP contribution < -0.4 is 9.96 Å². The average molecular weight is 455 g/mol. The standard InChI is InChI=1S/C23H16Cl2N2O4/c24-16-11-10-14(12-17(16)25)26-22(29)19-20(15-8-4-5-9-18(15)28)27(31-21(19)23(26)30)13-6-2-1-3-7-13/h1-12,19-21,28H/t19-,20-,21+/m1/s1. The van der Waals surface area contributed by atoms with E-state index in [0.717, 1.165) is 4.90 Å². The van der Waals surface area contributed by atoms with Crippen LogP contribution in [0.15, 0.2) is 72.8 Å². The van der Waals surface area contributed by atoms with Crippen molar-refractivity contribution in [2.24, 2.45) is 5.92 Å². The Morgan fingerprint density at radius 3 is 2.23 bits per heavy atom. The molecule has 156 valence electrons. The zero-order valence-corrected chi connectivity index (χ0v) is 17.5. The van der Waals surface area contributed by atoms with Gasteiger partial charge < -0.3 is 5.11 Å². The number of anilines is 2. The van der Waals surface area contributed by atoms with Crippen LogP contribution in [-0.4, -0.2) is 23.0 Å². The van der Waals surface area contributed by atoms with Gasteiger partial charge in [0.1, 0.15) is 11.7 Å². The van der Waals surface area contributed by atoms with Crippen LogP contribution in [0, 0.1) is 5.92 Å². The van der Waals surface area contributed by atoms with Crippen LogP contribution in [-0.2, 0) is 14.4 Å². The predicted molar refractivity (Wildman–Crippen MR) is 117 cm³/mol. The molecular formula is C23H16Cl2N2O4. The van der Waals surface area contributed by atoms with Crippen molar-refractivity contribution >= 4 is 46.4 Å². The van der Waals surface area contributed by atoms with E-state index in [1.807, 2.05) is 30.3 Å². The number of para-hydroxylation sites is 2. The predicted octanol–water partition coefficient (Wildman–Crippen LogP) is 4.75. The highest BCUT2D eigenvalue weighted by atomic mass is 35.5. The van der Waals surface area contributed by atoms with E-state index >= 15 is 0 Å². The molecule has 0 spiro atoms. The third kappa shape index (κ3) is 3.15. The molecule has 2 aliphatic heterocycles. The van der Waals surface area contributed by atoms with E-state index in [-0.39, 0.29) is 10.8 Å². The van der Waals surface area contributed by atoms with Crippen molar-refractivity contribution < 1.29 is 19.5 Å². The average Bonchev–Trinajstić information content (AvgIpc) is 3.27. The summed E-state index contributed by atoms with van der Waals surface area (Å²) in [7, 11) is 0. The zero-order valence-electron chi connectivity index (χ0n) is 16.0. The number of aromatic hydroxyl groups is 1. The summed E-state index contributed by atoms with van der Waals surface area (Å²) >= 11 is 12.1. The van der Waals surface area contributed by atoms with Gasteiger partial charge in [-0.05, 0) is 36.4 Å². The van der Waals surface area contributed by atoms with Crippen molar-refractivity contribution in [2.45, 2.75) is 12.1 Å². The maximum absolute atomic E-state index is 13.5. The van der Waals surface area contributed by atoms with E-state index in [0.29, 0.717) is 22.0 Å². The molecule has 0 aliphatic carbocycles. The van der Waals surface area contributed by atoms with E-state index in [1.54, 1.807) is 30.3 Å². The summed E-state index contributed by atoms with van der Waals surface area (Å²) in [6, 6.07) is 19.8. The number of halogens is 2. The molecule has 6 nitrogen and oxygen atoms in total. The molecule has 0 bridgehead atoms. The molecule has 3 atom stereocenters. The van der Waals surface area contributed by atoms with Gasteiger partial charge in [-0.25, -0.2) is 9.96 Å². The number of benzene rings is 3. The maximum atomic E-state index is 13.5. The summed E-state index contributed by atoms with van der Waals surface area (Å²) in [6.07, 6.45) is -1.04.